The summed E-state index contributed by atoms with van der Waals surface area (Å²) in [5, 5.41) is 20.2. The predicted molar refractivity (Wildman–Crippen MR) is 98.5 cm³/mol. The molecule has 5 heteroatoms. The molecule has 1 aromatic heterocycles. The minimum atomic E-state index is -1.03. The average Bonchev–Trinajstić information content (AvgIpc) is 2.42. The van der Waals surface area contributed by atoms with Gasteiger partial charge in [-0.3, -0.25) is 4.79 Å². The number of rotatable bonds is 8. The number of nitrogens with one attached hydrogen (secondary N) is 1. The molecule has 0 saturated heterocycles. The van der Waals surface area contributed by atoms with Crippen LogP contribution in [0.4, 0.5) is 0 Å². The summed E-state index contributed by atoms with van der Waals surface area (Å²) in [5.41, 5.74) is -0.353. The summed E-state index contributed by atoms with van der Waals surface area (Å²) in [7, 11) is -1.03. The van der Waals surface area contributed by atoms with Crippen LogP contribution in [0.3, 0.4) is 0 Å². The Morgan fingerprint density at radius 3 is 2.48 bits per heavy atom. The molecule has 4 nitrogen and oxygen atoms in total. The lowest BCUT2D eigenvalue weighted by Crippen LogP contribution is -2.21. The topological polar surface area (TPSA) is 73.3 Å². The van der Waals surface area contributed by atoms with E-state index in [1.165, 1.54) is 18.3 Å². The molecule has 1 heterocycles. The molecule has 3 N–H and O–H groups in total. The molecule has 0 saturated carbocycles. The smallest absolute Gasteiger partial charge is 0.257 e. The number of allylic oxidation sites excluding steroid dienone is 2. The average molecular weight is 338 g/mol. The number of hydrogen-bond donors (Lipinski definition) is 3. The molecule has 0 aromatic carbocycles. The zero-order valence-corrected chi connectivity index (χ0v) is 16.0. The lowest BCUT2D eigenvalue weighted by molar-refractivity contribution is 0.0998. The molecule has 0 bridgehead atoms. The van der Waals surface area contributed by atoms with E-state index < -0.39 is 19.7 Å². The van der Waals surface area contributed by atoms with Gasteiger partial charge < -0.3 is 15.2 Å². The monoisotopic (exact) mass is 337 g/mol. The first-order valence-electron chi connectivity index (χ1n) is 8.35. The van der Waals surface area contributed by atoms with Crippen molar-refractivity contribution < 1.29 is 10.2 Å². The molecule has 0 spiro atoms. The number of aromatic amines is 1. The van der Waals surface area contributed by atoms with E-state index in [9.17, 15) is 15.0 Å². The van der Waals surface area contributed by atoms with Gasteiger partial charge in [0.05, 0.1) is 11.7 Å². The summed E-state index contributed by atoms with van der Waals surface area (Å²) >= 11 is 0. The van der Waals surface area contributed by atoms with E-state index in [0.29, 0.717) is 5.92 Å². The Hall–Kier alpha value is -1.33. The van der Waals surface area contributed by atoms with E-state index in [1.54, 1.807) is 0 Å². The maximum Gasteiger partial charge on any atom is 0.257 e. The molecular formula is C18H31NO3Si. The van der Waals surface area contributed by atoms with Crippen molar-refractivity contribution in [1.29, 1.82) is 0 Å². The number of hydrogen-bond acceptors (Lipinski definition) is 3. The van der Waals surface area contributed by atoms with Crippen LogP contribution in [0.15, 0.2) is 29.2 Å². The van der Waals surface area contributed by atoms with Gasteiger partial charge in [-0.2, -0.15) is 0 Å². The first kappa shape index (κ1) is 19.7. The minimum Gasteiger partial charge on any atom is -0.507 e. The first-order valence-corrected chi connectivity index (χ1v) is 12.1. The summed E-state index contributed by atoms with van der Waals surface area (Å²) < 4.78 is 0. The van der Waals surface area contributed by atoms with Gasteiger partial charge in [0, 0.05) is 14.3 Å². The second-order valence-electron chi connectivity index (χ2n) is 7.84. The predicted octanol–water partition coefficient (Wildman–Crippen LogP) is 4.06. The second-order valence-corrected chi connectivity index (χ2v) is 13.4. The third-order valence-electron chi connectivity index (χ3n) is 4.02. The number of H-pyrrole nitrogens is 1. The number of aromatic hydroxyl groups is 1. The van der Waals surface area contributed by atoms with Crippen molar-refractivity contribution in [3.63, 3.8) is 0 Å². The highest BCUT2D eigenvalue weighted by Crippen LogP contribution is 2.30. The van der Waals surface area contributed by atoms with Gasteiger partial charge in [0.15, 0.2) is 0 Å². The maximum atomic E-state index is 11.8. The standard InChI is InChI=1S/C18H31NO3Si/c1-13(8-6-7-11-23(3,4)5)12-14(2)17(21)16-15(20)9-10-19-18(16)22/h6-7,9-10,13-14,17,21H,8,11-12H2,1-5H3,(H2,19,20,22)/b7-6+/t13-,14?,17?/m1/s1. The van der Waals surface area contributed by atoms with Crippen LogP contribution in [0.1, 0.15) is 38.4 Å². The Balaban J connectivity index is 2.58. The van der Waals surface area contributed by atoms with Crippen LogP contribution in [0.5, 0.6) is 5.75 Å². The van der Waals surface area contributed by atoms with Crippen molar-refractivity contribution in [2.24, 2.45) is 11.8 Å². The molecule has 0 aliphatic rings. The van der Waals surface area contributed by atoms with Gasteiger partial charge in [0.25, 0.3) is 5.56 Å². The summed E-state index contributed by atoms with van der Waals surface area (Å²) in [4.78, 5) is 14.3. The van der Waals surface area contributed by atoms with Crippen molar-refractivity contribution >= 4 is 8.07 Å². The Morgan fingerprint density at radius 2 is 1.91 bits per heavy atom. The lowest BCUT2D eigenvalue weighted by atomic mass is 9.88. The molecule has 3 atom stereocenters. The van der Waals surface area contributed by atoms with Gasteiger partial charge in [-0.15, -0.1) is 0 Å². The zero-order chi connectivity index (χ0) is 17.6. The van der Waals surface area contributed by atoms with Gasteiger partial charge >= 0.3 is 0 Å². The van der Waals surface area contributed by atoms with Crippen molar-refractivity contribution in [2.75, 3.05) is 0 Å². The molecule has 2 unspecified atom stereocenters. The minimum absolute atomic E-state index is 0.0708. The third-order valence-corrected chi connectivity index (χ3v) is 5.48. The first-order chi connectivity index (χ1) is 10.6. The molecule has 0 radical (unpaired) electrons. The van der Waals surface area contributed by atoms with Crippen LogP contribution < -0.4 is 5.56 Å². The molecule has 0 aliphatic carbocycles. The van der Waals surface area contributed by atoms with Crippen molar-refractivity contribution in [3.05, 3.63) is 40.3 Å². The van der Waals surface area contributed by atoms with Crippen LogP contribution in [0, 0.1) is 11.8 Å². The van der Waals surface area contributed by atoms with Crippen LogP contribution in [0.25, 0.3) is 0 Å². The fraction of sp³-hybridized carbons (Fsp3) is 0.611. The summed E-state index contributed by atoms with van der Waals surface area (Å²) in [6.45, 7) is 11.1. The van der Waals surface area contributed by atoms with Crippen molar-refractivity contribution in [2.45, 2.75) is 58.5 Å². The molecule has 0 fully saturated rings. The number of aliphatic hydroxyl groups excluding tert-OH is 1. The van der Waals surface area contributed by atoms with Gasteiger partial charge in [0.1, 0.15) is 5.75 Å². The number of aliphatic hydroxyl groups is 1. The number of aromatic nitrogens is 1. The van der Waals surface area contributed by atoms with E-state index in [1.807, 2.05) is 6.92 Å². The highest BCUT2D eigenvalue weighted by atomic mass is 28.3. The maximum absolute atomic E-state index is 11.8. The largest absolute Gasteiger partial charge is 0.507 e. The Morgan fingerprint density at radius 1 is 1.26 bits per heavy atom. The summed E-state index contributed by atoms with van der Waals surface area (Å²) in [5.74, 6) is 0.183. The Labute approximate surface area is 140 Å². The van der Waals surface area contributed by atoms with Gasteiger partial charge in [0.2, 0.25) is 0 Å². The fourth-order valence-electron chi connectivity index (χ4n) is 2.68. The molecule has 130 valence electrons. The van der Waals surface area contributed by atoms with E-state index in [4.69, 9.17) is 0 Å². The summed E-state index contributed by atoms with van der Waals surface area (Å²) in [6, 6.07) is 2.58. The van der Waals surface area contributed by atoms with E-state index in [0.717, 1.165) is 12.8 Å². The van der Waals surface area contributed by atoms with Crippen molar-refractivity contribution in [3.8, 4) is 5.75 Å². The van der Waals surface area contributed by atoms with E-state index >= 15 is 0 Å². The second kappa shape index (κ2) is 8.50. The number of pyridine rings is 1. The van der Waals surface area contributed by atoms with Crippen LogP contribution in [0.2, 0.25) is 25.7 Å². The Kier molecular flexibility index (Phi) is 7.29. The van der Waals surface area contributed by atoms with E-state index in [-0.39, 0.29) is 17.2 Å². The highest BCUT2D eigenvalue weighted by Gasteiger charge is 2.23. The highest BCUT2D eigenvalue weighted by molar-refractivity contribution is 6.76. The van der Waals surface area contributed by atoms with Crippen molar-refractivity contribution in [1.82, 2.24) is 4.98 Å². The van der Waals surface area contributed by atoms with Gasteiger partial charge in [-0.25, -0.2) is 0 Å². The lowest BCUT2D eigenvalue weighted by Gasteiger charge is -2.22. The van der Waals surface area contributed by atoms with Crippen LogP contribution >= 0.6 is 0 Å². The zero-order valence-electron chi connectivity index (χ0n) is 15.0. The van der Waals surface area contributed by atoms with Crippen LogP contribution in [-0.2, 0) is 0 Å². The summed E-state index contributed by atoms with van der Waals surface area (Å²) in [6.07, 6.45) is 6.70. The third kappa shape index (κ3) is 6.75. The van der Waals surface area contributed by atoms with E-state index in [2.05, 4.69) is 43.7 Å². The van der Waals surface area contributed by atoms with Crippen LogP contribution in [-0.4, -0.2) is 23.3 Å². The molecule has 0 amide bonds. The molecule has 0 aliphatic heterocycles. The molecule has 1 rings (SSSR count). The van der Waals surface area contributed by atoms with Gasteiger partial charge in [-0.1, -0.05) is 45.6 Å². The molecule has 23 heavy (non-hydrogen) atoms. The Bertz CT molecular complexity index is 574. The van der Waals surface area contributed by atoms with Gasteiger partial charge in [-0.05, 0) is 36.8 Å². The normalized spacial score (nSPS) is 16.4. The molecular weight excluding hydrogens is 306 g/mol. The molecule has 1 aromatic rings. The SMILES string of the molecule is CC(C[C@H](C)C/C=C/C[Si](C)(C)C)C(O)c1c(O)cc[nH]c1=O. The fourth-order valence-corrected chi connectivity index (χ4v) is 3.55. The quantitative estimate of drug-likeness (QED) is 0.495.